The molecule has 0 aliphatic carbocycles. The molecule has 1 heterocycles. The molecule has 0 aliphatic rings. The molecule has 1 aromatic rings. The topological polar surface area (TPSA) is 51.2 Å². The molecule has 0 saturated carbocycles. The smallest absolute Gasteiger partial charge is 0.251 e. The van der Waals surface area contributed by atoms with Gasteiger partial charge < -0.3 is 10.1 Å². The lowest BCUT2D eigenvalue weighted by atomic mass is 10.2. The first-order valence-electron chi connectivity index (χ1n) is 5.15. The molecule has 0 radical (unpaired) electrons. The van der Waals surface area contributed by atoms with Gasteiger partial charge in [-0.2, -0.15) is 0 Å². The van der Waals surface area contributed by atoms with Gasteiger partial charge in [0.25, 0.3) is 5.91 Å². The average Bonchev–Trinajstić information content (AvgIpc) is 2.30. The Bertz CT molecular complexity index is 383. The number of nitrogens with one attached hydrogen (secondary N) is 1. The molecule has 0 aromatic carbocycles. The van der Waals surface area contributed by atoms with Gasteiger partial charge in [-0.15, -0.1) is 0 Å². The van der Waals surface area contributed by atoms with Gasteiger partial charge in [-0.1, -0.05) is 13.0 Å². The predicted octanol–water partition coefficient (Wildman–Crippen LogP) is 2.38. The van der Waals surface area contributed by atoms with Crippen LogP contribution in [0.1, 0.15) is 20.3 Å². The highest BCUT2D eigenvalue weighted by Gasteiger charge is 2.04. The molecule has 0 saturated heterocycles. The lowest BCUT2D eigenvalue weighted by molar-refractivity contribution is -0.112. The molecular weight excluding hydrogens is 204 g/mol. The second-order valence-electron chi connectivity index (χ2n) is 3.34. The number of amides is 1. The second-order valence-corrected chi connectivity index (χ2v) is 3.34. The van der Waals surface area contributed by atoms with Crippen molar-refractivity contribution in [2.45, 2.75) is 20.3 Å². The fourth-order valence-electron chi connectivity index (χ4n) is 1.20. The Kier molecular flexibility index (Phi) is 4.51. The van der Waals surface area contributed by atoms with Crippen molar-refractivity contribution in [2.75, 3.05) is 12.4 Å². The summed E-state index contributed by atoms with van der Waals surface area (Å²) < 4.78 is 4.92. The molecule has 0 spiro atoms. The highest BCUT2D eigenvalue weighted by Crippen LogP contribution is 2.11. The largest absolute Gasteiger partial charge is 0.481 e. The average molecular weight is 220 g/mol. The molecule has 1 amide bonds. The van der Waals surface area contributed by atoms with E-state index in [2.05, 4.69) is 10.3 Å². The van der Waals surface area contributed by atoms with Crippen LogP contribution >= 0.6 is 0 Å². The Morgan fingerprint density at radius 2 is 2.31 bits per heavy atom. The zero-order chi connectivity index (χ0) is 12.0. The van der Waals surface area contributed by atoms with E-state index in [-0.39, 0.29) is 5.91 Å². The molecule has 1 N–H and O–H groups in total. The maximum absolute atomic E-state index is 11.6. The van der Waals surface area contributed by atoms with Crippen LogP contribution in [0.2, 0.25) is 0 Å². The van der Waals surface area contributed by atoms with E-state index in [1.54, 1.807) is 32.4 Å². The van der Waals surface area contributed by atoms with Crippen molar-refractivity contribution >= 4 is 11.6 Å². The van der Waals surface area contributed by atoms with Gasteiger partial charge in [0.05, 0.1) is 19.0 Å². The molecule has 86 valence electrons. The van der Waals surface area contributed by atoms with Crippen molar-refractivity contribution < 1.29 is 9.53 Å². The Morgan fingerprint density at radius 3 is 2.81 bits per heavy atom. The summed E-state index contributed by atoms with van der Waals surface area (Å²) in [6.45, 7) is 3.78. The third-order valence-corrected chi connectivity index (χ3v) is 2.07. The Labute approximate surface area is 95.3 Å². The molecule has 0 fully saturated rings. The number of anilines is 1. The van der Waals surface area contributed by atoms with E-state index < -0.39 is 0 Å². The number of pyridine rings is 1. The van der Waals surface area contributed by atoms with E-state index in [0.29, 0.717) is 17.1 Å². The van der Waals surface area contributed by atoms with Crippen LogP contribution in [0, 0.1) is 0 Å². The van der Waals surface area contributed by atoms with Crippen LogP contribution in [0.5, 0.6) is 5.88 Å². The minimum absolute atomic E-state index is 0.103. The van der Waals surface area contributed by atoms with Gasteiger partial charge in [-0.3, -0.25) is 4.79 Å². The van der Waals surface area contributed by atoms with Crippen LogP contribution in [0.4, 0.5) is 5.69 Å². The van der Waals surface area contributed by atoms with E-state index in [9.17, 15) is 4.79 Å². The van der Waals surface area contributed by atoms with E-state index in [1.807, 2.05) is 13.0 Å². The summed E-state index contributed by atoms with van der Waals surface area (Å²) in [6.07, 6.45) is 4.29. The van der Waals surface area contributed by atoms with E-state index in [0.717, 1.165) is 6.42 Å². The van der Waals surface area contributed by atoms with Gasteiger partial charge in [-0.25, -0.2) is 4.98 Å². The number of hydrogen-bond acceptors (Lipinski definition) is 3. The molecule has 0 unspecified atom stereocenters. The molecule has 4 heteroatoms. The van der Waals surface area contributed by atoms with Crippen LogP contribution in [-0.2, 0) is 4.79 Å². The van der Waals surface area contributed by atoms with Crippen molar-refractivity contribution in [3.8, 4) is 5.88 Å². The normalized spacial score (nSPS) is 11.1. The number of aromatic nitrogens is 1. The molecule has 0 bridgehead atoms. The van der Waals surface area contributed by atoms with Gasteiger partial charge >= 0.3 is 0 Å². The molecule has 16 heavy (non-hydrogen) atoms. The standard InChI is InChI=1S/C12H16N2O2/c1-4-5-9(2)12(15)14-10-6-7-11(16-3)13-8-10/h5-8H,4H2,1-3H3,(H,14,15). The fourth-order valence-corrected chi connectivity index (χ4v) is 1.20. The van der Waals surface area contributed by atoms with Gasteiger partial charge in [0, 0.05) is 11.6 Å². The number of hydrogen-bond donors (Lipinski definition) is 1. The highest BCUT2D eigenvalue weighted by molar-refractivity contribution is 6.03. The van der Waals surface area contributed by atoms with E-state index >= 15 is 0 Å². The van der Waals surface area contributed by atoms with Crippen molar-refractivity contribution in [2.24, 2.45) is 0 Å². The SMILES string of the molecule is CCC=C(C)C(=O)Nc1ccc(OC)nc1. The maximum atomic E-state index is 11.6. The summed E-state index contributed by atoms with van der Waals surface area (Å²) in [7, 11) is 1.55. The summed E-state index contributed by atoms with van der Waals surface area (Å²) in [5.41, 5.74) is 1.37. The number of allylic oxidation sites excluding steroid dienone is 1. The molecule has 0 atom stereocenters. The van der Waals surface area contributed by atoms with Crippen LogP contribution in [0.25, 0.3) is 0 Å². The number of nitrogens with zero attached hydrogens (tertiary/aromatic N) is 1. The van der Waals surface area contributed by atoms with Crippen molar-refractivity contribution in [3.63, 3.8) is 0 Å². The van der Waals surface area contributed by atoms with Crippen molar-refractivity contribution in [1.82, 2.24) is 4.98 Å². The first-order valence-corrected chi connectivity index (χ1v) is 5.15. The minimum Gasteiger partial charge on any atom is -0.481 e. The number of carbonyl (C=O) groups excluding carboxylic acids is 1. The third kappa shape index (κ3) is 3.38. The third-order valence-electron chi connectivity index (χ3n) is 2.07. The second kappa shape index (κ2) is 5.90. The molecule has 1 aromatic heterocycles. The molecule has 4 nitrogen and oxygen atoms in total. The fraction of sp³-hybridized carbons (Fsp3) is 0.333. The highest BCUT2D eigenvalue weighted by atomic mass is 16.5. The lowest BCUT2D eigenvalue weighted by Crippen LogP contribution is -2.12. The summed E-state index contributed by atoms with van der Waals surface area (Å²) in [4.78, 5) is 15.6. The molecule has 1 rings (SSSR count). The van der Waals surface area contributed by atoms with Gasteiger partial charge in [0.15, 0.2) is 0 Å². The first kappa shape index (κ1) is 12.2. The minimum atomic E-state index is -0.103. The summed E-state index contributed by atoms with van der Waals surface area (Å²) in [5.74, 6) is 0.424. The summed E-state index contributed by atoms with van der Waals surface area (Å²) in [5, 5.41) is 2.75. The Morgan fingerprint density at radius 1 is 1.56 bits per heavy atom. The first-order chi connectivity index (χ1) is 7.67. The molecular formula is C12H16N2O2. The number of methoxy groups -OCH3 is 1. The predicted molar refractivity (Wildman–Crippen MR) is 63.5 cm³/mol. The summed E-state index contributed by atoms with van der Waals surface area (Å²) >= 11 is 0. The van der Waals surface area contributed by atoms with Gasteiger partial charge in [0.1, 0.15) is 0 Å². The van der Waals surface area contributed by atoms with Crippen molar-refractivity contribution in [1.29, 1.82) is 0 Å². The number of carbonyl (C=O) groups is 1. The van der Waals surface area contributed by atoms with Gasteiger partial charge in [0.2, 0.25) is 5.88 Å². The number of rotatable bonds is 4. The zero-order valence-electron chi connectivity index (χ0n) is 9.78. The van der Waals surface area contributed by atoms with Crippen molar-refractivity contribution in [3.05, 3.63) is 30.0 Å². The van der Waals surface area contributed by atoms with Crippen LogP contribution in [-0.4, -0.2) is 18.0 Å². The van der Waals surface area contributed by atoms with Crippen LogP contribution in [0.15, 0.2) is 30.0 Å². The lowest BCUT2D eigenvalue weighted by Gasteiger charge is -2.05. The summed E-state index contributed by atoms with van der Waals surface area (Å²) in [6, 6.07) is 3.46. The van der Waals surface area contributed by atoms with E-state index in [1.165, 1.54) is 0 Å². The zero-order valence-corrected chi connectivity index (χ0v) is 9.78. The van der Waals surface area contributed by atoms with Crippen LogP contribution < -0.4 is 10.1 Å². The van der Waals surface area contributed by atoms with Gasteiger partial charge in [-0.05, 0) is 19.4 Å². The maximum Gasteiger partial charge on any atom is 0.251 e. The van der Waals surface area contributed by atoms with Crippen LogP contribution in [0.3, 0.4) is 0 Å². The molecule has 0 aliphatic heterocycles. The number of ether oxygens (including phenoxy) is 1. The Balaban J connectivity index is 2.66. The Hall–Kier alpha value is -1.84. The quantitative estimate of drug-likeness (QED) is 0.792. The van der Waals surface area contributed by atoms with E-state index in [4.69, 9.17) is 4.74 Å². The monoisotopic (exact) mass is 220 g/mol.